The topological polar surface area (TPSA) is 86.7 Å². The third-order valence-electron chi connectivity index (χ3n) is 7.81. The normalized spacial score (nSPS) is 12.3. The molecule has 0 bridgehead atoms. The van der Waals surface area contributed by atoms with Crippen molar-refractivity contribution in [1.82, 2.24) is 9.80 Å². The molecule has 2 aromatic rings. The van der Waals surface area contributed by atoms with Crippen molar-refractivity contribution in [2.24, 2.45) is 0 Å². The molecule has 2 aromatic carbocycles. The van der Waals surface area contributed by atoms with Crippen LogP contribution < -0.4 is 10.2 Å². The molecule has 0 amide bonds. The van der Waals surface area contributed by atoms with Crippen LogP contribution in [0.15, 0.2) is 24.3 Å². The summed E-state index contributed by atoms with van der Waals surface area (Å²) >= 11 is 0. The maximum absolute atomic E-state index is 12.6. The van der Waals surface area contributed by atoms with Crippen molar-refractivity contribution in [3.63, 3.8) is 0 Å². The molecule has 0 aromatic heterocycles. The van der Waals surface area contributed by atoms with E-state index in [1.54, 1.807) is 12.1 Å². The smallest absolute Gasteiger partial charge is 0.0720 e. The fraction of sp³-hybridized carbons (Fsp3) is 0.576. The Kier molecular flexibility index (Phi) is 12.0. The first kappa shape index (κ1) is 30.8. The van der Waals surface area contributed by atoms with E-state index in [9.17, 15) is 19.8 Å². The van der Waals surface area contributed by atoms with Crippen molar-refractivity contribution in [2.75, 3.05) is 39.3 Å². The molecular weight excluding hydrogens is 488 g/mol. The lowest BCUT2D eigenvalue weighted by Crippen LogP contribution is -2.29. The number of aromatic carboxylic acids is 2. The Labute approximate surface area is 235 Å². The number of nitrogens with zero attached hydrogens (tertiary/aromatic N) is 2. The van der Waals surface area contributed by atoms with Crippen molar-refractivity contribution in [2.45, 2.75) is 85.5 Å². The number of carboxylic acids is 2. The van der Waals surface area contributed by atoms with E-state index in [1.807, 2.05) is 12.1 Å². The van der Waals surface area contributed by atoms with E-state index in [4.69, 9.17) is 0 Å². The van der Waals surface area contributed by atoms with Gasteiger partial charge in [0.2, 0.25) is 0 Å². The third-order valence-corrected chi connectivity index (χ3v) is 7.81. The Bertz CT molecular complexity index is 1120. The van der Waals surface area contributed by atoms with Crippen molar-refractivity contribution < 1.29 is 19.8 Å². The average Bonchev–Trinajstić information content (AvgIpc) is 3.26. The molecule has 1 aliphatic carbocycles. The summed E-state index contributed by atoms with van der Waals surface area (Å²) in [6.45, 7) is 14.8. The van der Waals surface area contributed by atoms with Crippen molar-refractivity contribution in [3.8, 4) is 11.1 Å². The van der Waals surface area contributed by atoms with E-state index < -0.39 is 11.9 Å². The van der Waals surface area contributed by atoms with Crippen LogP contribution in [0.4, 0.5) is 0 Å². The van der Waals surface area contributed by atoms with Gasteiger partial charge in [0.05, 0.1) is 11.9 Å². The number of carboxylic acid groups (broad SMARTS) is 2. The molecule has 3 rings (SSSR count). The average molecular weight is 535 g/mol. The first-order valence-electron chi connectivity index (χ1n) is 15.0. The van der Waals surface area contributed by atoms with Crippen LogP contribution in [0.1, 0.15) is 109 Å². The summed E-state index contributed by atoms with van der Waals surface area (Å²) in [7, 11) is 0. The molecule has 6 nitrogen and oxygen atoms in total. The van der Waals surface area contributed by atoms with Gasteiger partial charge in [0.15, 0.2) is 0 Å². The second-order valence-corrected chi connectivity index (χ2v) is 10.9. The molecule has 6 heteroatoms. The minimum Gasteiger partial charge on any atom is -0.545 e. The molecule has 0 N–H and O–H groups in total. The van der Waals surface area contributed by atoms with E-state index >= 15 is 0 Å². The summed E-state index contributed by atoms with van der Waals surface area (Å²) in [6.07, 6.45) is 8.04. The standard InChI is InChI=1S/C33H48N2O4/c1-5-15-34(16-6-2)19-9-11-24-22-29-27-14-13-25(32(36)37)21-26(27)23-30(29)28(31(24)33(38)39)12-10-20-35(17-7-3)18-8-4/h13-14,21-22H,5-12,15-20,23H2,1-4H3,(H,36,37)(H,38,39)/p-2. The summed E-state index contributed by atoms with van der Waals surface area (Å²) in [6, 6.07) is 7.17. The van der Waals surface area contributed by atoms with E-state index in [1.165, 1.54) is 0 Å². The number of hydrogen-bond donors (Lipinski definition) is 0. The molecule has 39 heavy (non-hydrogen) atoms. The summed E-state index contributed by atoms with van der Waals surface area (Å²) in [5.74, 6) is -2.30. The summed E-state index contributed by atoms with van der Waals surface area (Å²) in [4.78, 5) is 29.1. The van der Waals surface area contributed by atoms with E-state index in [2.05, 4.69) is 37.5 Å². The van der Waals surface area contributed by atoms with Crippen LogP contribution in [-0.4, -0.2) is 61.0 Å². The fourth-order valence-corrected chi connectivity index (χ4v) is 6.24. The van der Waals surface area contributed by atoms with Crippen LogP contribution in [0.3, 0.4) is 0 Å². The number of hydrogen-bond acceptors (Lipinski definition) is 6. The lowest BCUT2D eigenvalue weighted by atomic mass is 9.87. The molecule has 0 spiro atoms. The zero-order valence-corrected chi connectivity index (χ0v) is 24.4. The van der Waals surface area contributed by atoms with Gasteiger partial charge >= 0.3 is 0 Å². The highest BCUT2D eigenvalue weighted by Crippen LogP contribution is 2.42. The zero-order valence-electron chi connectivity index (χ0n) is 24.4. The predicted octanol–water partition coefficient (Wildman–Crippen LogP) is 4.09. The van der Waals surface area contributed by atoms with Gasteiger partial charge in [-0.25, -0.2) is 0 Å². The van der Waals surface area contributed by atoms with Gasteiger partial charge in [0, 0.05) is 5.56 Å². The van der Waals surface area contributed by atoms with Gasteiger partial charge in [0.25, 0.3) is 0 Å². The Hall–Kier alpha value is -2.70. The molecule has 0 fully saturated rings. The summed E-state index contributed by atoms with van der Waals surface area (Å²) in [5.41, 5.74) is 6.21. The highest BCUT2D eigenvalue weighted by Gasteiger charge is 2.26. The molecule has 0 unspecified atom stereocenters. The minimum atomic E-state index is -1.19. The summed E-state index contributed by atoms with van der Waals surface area (Å²) < 4.78 is 0. The van der Waals surface area contributed by atoms with E-state index in [0.29, 0.717) is 24.8 Å². The number of carbonyl (C=O) groups is 2. The van der Waals surface area contributed by atoms with Crippen molar-refractivity contribution >= 4 is 11.9 Å². The quantitative estimate of drug-likeness (QED) is 0.244. The SMILES string of the molecule is CCCN(CCC)CCCc1cc2c(c(CCCN(CCC)CCC)c1C(=O)[O-])Cc1cc(C(=O)[O-])ccc1-2. The number of fused-ring (bicyclic) bond motifs is 3. The third kappa shape index (κ3) is 7.92. The zero-order chi connectivity index (χ0) is 28.4. The lowest BCUT2D eigenvalue weighted by molar-refractivity contribution is -0.256. The van der Waals surface area contributed by atoms with Gasteiger partial charge in [-0.2, -0.15) is 0 Å². The molecule has 0 heterocycles. The van der Waals surface area contributed by atoms with Gasteiger partial charge in [-0.1, -0.05) is 45.9 Å². The maximum atomic E-state index is 12.6. The summed E-state index contributed by atoms with van der Waals surface area (Å²) in [5, 5.41) is 24.2. The molecule has 0 saturated carbocycles. The van der Waals surface area contributed by atoms with Crippen LogP contribution in [-0.2, 0) is 19.3 Å². The number of aryl methyl sites for hydroxylation is 1. The molecule has 0 aliphatic heterocycles. The van der Waals surface area contributed by atoms with Gasteiger partial charge in [0.1, 0.15) is 0 Å². The van der Waals surface area contributed by atoms with Gasteiger partial charge in [-0.3, -0.25) is 0 Å². The molecule has 0 saturated heterocycles. The fourth-order valence-electron chi connectivity index (χ4n) is 6.24. The van der Waals surface area contributed by atoms with E-state index in [-0.39, 0.29) is 5.56 Å². The monoisotopic (exact) mass is 534 g/mol. The number of carbonyl (C=O) groups excluding carboxylic acids is 2. The molecule has 0 radical (unpaired) electrons. The van der Waals surface area contributed by atoms with Crippen molar-refractivity contribution in [1.29, 1.82) is 0 Å². The largest absolute Gasteiger partial charge is 0.545 e. The van der Waals surface area contributed by atoms with Crippen LogP contribution >= 0.6 is 0 Å². The second-order valence-electron chi connectivity index (χ2n) is 10.9. The van der Waals surface area contributed by atoms with Crippen molar-refractivity contribution in [3.05, 3.63) is 57.6 Å². The minimum absolute atomic E-state index is 0.158. The Morgan fingerprint density at radius 2 is 1.28 bits per heavy atom. The highest BCUT2D eigenvalue weighted by molar-refractivity contribution is 5.94. The molecule has 0 atom stereocenters. The second kappa shape index (κ2) is 15.2. The maximum Gasteiger partial charge on any atom is 0.0720 e. The van der Waals surface area contributed by atoms with E-state index in [0.717, 1.165) is 111 Å². The van der Waals surface area contributed by atoms with Gasteiger partial charge in [-0.15, -0.1) is 0 Å². The number of rotatable bonds is 18. The van der Waals surface area contributed by atoms with Crippen LogP contribution in [0.2, 0.25) is 0 Å². The van der Waals surface area contributed by atoms with Crippen LogP contribution in [0, 0.1) is 0 Å². The van der Waals surface area contributed by atoms with Crippen LogP contribution in [0.5, 0.6) is 0 Å². The number of benzene rings is 2. The van der Waals surface area contributed by atoms with Gasteiger partial charge < -0.3 is 29.6 Å². The van der Waals surface area contributed by atoms with Crippen LogP contribution in [0.25, 0.3) is 11.1 Å². The Morgan fingerprint density at radius 1 is 0.718 bits per heavy atom. The molecular formula is C33H46N2O4-2. The Balaban J connectivity index is 1.97. The van der Waals surface area contributed by atoms with Gasteiger partial charge in [-0.05, 0) is 142 Å². The lowest BCUT2D eigenvalue weighted by Gasteiger charge is -2.24. The Morgan fingerprint density at radius 3 is 1.79 bits per heavy atom. The predicted molar refractivity (Wildman–Crippen MR) is 154 cm³/mol. The highest BCUT2D eigenvalue weighted by atomic mass is 16.4. The molecule has 1 aliphatic rings. The first-order valence-corrected chi connectivity index (χ1v) is 15.0. The first-order chi connectivity index (χ1) is 18.8. The molecule has 214 valence electrons.